The van der Waals surface area contributed by atoms with E-state index >= 15 is 0 Å². The van der Waals surface area contributed by atoms with E-state index in [9.17, 15) is 10.1 Å². The molecule has 1 fully saturated rings. The zero-order chi connectivity index (χ0) is 14.1. The summed E-state index contributed by atoms with van der Waals surface area (Å²) in [5, 5.41) is 11.8. The number of aromatic nitrogens is 2. The van der Waals surface area contributed by atoms with Crippen molar-refractivity contribution in [2.24, 2.45) is 5.73 Å². The molecule has 106 valence electrons. The van der Waals surface area contributed by atoms with Gasteiger partial charge in [0.05, 0.1) is 10.3 Å². The van der Waals surface area contributed by atoms with Gasteiger partial charge in [0.25, 0.3) is 0 Å². The second kappa shape index (κ2) is 5.29. The highest BCUT2D eigenvalue weighted by Gasteiger charge is 2.25. The summed E-state index contributed by atoms with van der Waals surface area (Å²) >= 11 is 1.08. The molecule has 0 saturated carbocycles. The quantitative estimate of drug-likeness (QED) is 0.685. The van der Waals surface area contributed by atoms with E-state index in [1.807, 2.05) is 0 Å². The molecule has 1 aliphatic rings. The van der Waals surface area contributed by atoms with Crippen LogP contribution in [0.2, 0.25) is 0 Å². The molecule has 2 aromatic heterocycles. The number of thiophene rings is 1. The third-order valence-electron chi connectivity index (χ3n) is 3.65. The van der Waals surface area contributed by atoms with Crippen LogP contribution in [-0.4, -0.2) is 34.0 Å². The second-order valence-electron chi connectivity index (χ2n) is 4.84. The van der Waals surface area contributed by atoms with Gasteiger partial charge in [-0.2, -0.15) is 0 Å². The minimum Gasteiger partial charge on any atom is -0.352 e. The lowest BCUT2D eigenvalue weighted by Gasteiger charge is -2.36. The van der Waals surface area contributed by atoms with Gasteiger partial charge in [-0.1, -0.05) is 0 Å². The van der Waals surface area contributed by atoms with E-state index in [1.165, 1.54) is 6.33 Å². The molecule has 3 heterocycles. The fourth-order valence-corrected chi connectivity index (χ4v) is 3.48. The zero-order valence-corrected chi connectivity index (χ0v) is 11.7. The second-order valence-corrected chi connectivity index (χ2v) is 5.85. The lowest BCUT2D eigenvalue weighted by atomic mass is 10.0. The molecule has 1 atom stereocenters. The number of hydrogen-bond donors (Lipinski definition) is 1. The Bertz CT molecular complexity index is 644. The first-order valence-corrected chi connectivity index (χ1v) is 7.38. The predicted octanol–water partition coefficient (Wildman–Crippen LogP) is 1.92. The first-order chi connectivity index (χ1) is 9.70. The van der Waals surface area contributed by atoms with Gasteiger partial charge < -0.3 is 10.6 Å². The monoisotopic (exact) mass is 293 g/mol. The number of piperidine rings is 1. The Labute approximate surface area is 119 Å². The Kier molecular flexibility index (Phi) is 3.49. The Morgan fingerprint density at radius 1 is 1.50 bits per heavy atom. The van der Waals surface area contributed by atoms with Crippen LogP contribution >= 0.6 is 11.3 Å². The molecule has 8 heteroatoms. The van der Waals surface area contributed by atoms with Crippen LogP contribution in [0.4, 0.5) is 10.8 Å². The normalized spacial score (nSPS) is 19.4. The maximum atomic E-state index is 10.9. The predicted molar refractivity (Wildman–Crippen MR) is 78.1 cm³/mol. The van der Waals surface area contributed by atoms with Crippen LogP contribution < -0.4 is 10.6 Å². The Morgan fingerprint density at radius 3 is 3.10 bits per heavy atom. The minimum absolute atomic E-state index is 0.100. The fraction of sp³-hybridized carbons (Fsp3) is 0.500. The van der Waals surface area contributed by atoms with Crippen molar-refractivity contribution in [2.75, 3.05) is 18.0 Å². The highest BCUT2D eigenvalue weighted by atomic mass is 32.1. The molecule has 0 spiro atoms. The van der Waals surface area contributed by atoms with Gasteiger partial charge in [0, 0.05) is 25.2 Å². The molecular formula is C12H15N5O2S. The minimum atomic E-state index is -0.382. The van der Waals surface area contributed by atoms with Crippen molar-refractivity contribution in [3.63, 3.8) is 0 Å². The number of fused-ring (bicyclic) bond motifs is 1. The van der Waals surface area contributed by atoms with Gasteiger partial charge in [-0.05, 0) is 30.6 Å². The molecule has 20 heavy (non-hydrogen) atoms. The molecule has 0 aliphatic carbocycles. The standard InChI is InChI=1S/C12H15N5O2S/c13-6-8-3-1-2-4-16(8)11-9-5-10(17(18)19)20-12(9)15-7-14-11/h5,7-8H,1-4,6,13H2. The fourth-order valence-electron chi connectivity index (χ4n) is 2.67. The average molecular weight is 293 g/mol. The lowest BCUT2D eigenvalue weighted by molar-refractivity contribution is -0.380. The number of rotatable bonds is 3. The maximum Gasteiger partial charge on any atom is 0.326 e. The van der Waals surface area contributed by atoms with Crippen molar-refractivity contribution in [2.45, 2.75) is 25.3 Å². The van der Waals surface area contributed by atoms with Crippen LogP contribution in [0.1, 0.15) is 19.3 Å². The molecule has 3 rings (SSSR count). The third kappa shape index (κ3) is 2.20. The van der Waals surface area contributed by atoms with Gasteiger partial charge in [-0.15, -0.1) is 0 Å². The molecule has 0 bridgehead atoms. The van der Waals surface area contributed by atoms with Crippen molar-refractivity contribution < 1.29 is 4.92 Å². The number of hydrogen-bond acceptors (Lipinski definition) is 7. The van der Waals surface area contributed by atoms with Gasteiger partial charge in [-0.3, -0.25) is 10.1 Å². The molecule has 2 N–H and O–H groups in total. The summed E-state index contributed by atoms with van der Waals surface area (Å²) < 4.78 is 0. The van der Waals surface area contributed by atoms with E-state index in [1.54, 1.807) is 6.07 Å². The summed E-state index contributed by atoms with van der Waals surface area (Å²) in [6.45, 7) is 1.45. The van der Waals surface area contributed by atoms with Crippen molar-refractivity contribution >= 4 is 32.4 Å². The highest BCUT2D eigenvalue weighted by molar-refractivity contribution is 7.21. The molecule has 0 amide bonds. The van der Waals surface area contributed by atoms with E-state index in [0.29, 0.717) is 11.4 Å². The average Bonchev–Trinajstić information content (AvgIpc) is 2.91. The van der Waals surface area contributed by atoms with E-state index in [4.69, 9.17) is 5.73 Å². The molecule has 1 unspecified atom stereocenters. The van der Waals surface area contributed by atoms with E-state index in [0.717, 1.165) is 48.3 Å². The number of nitrogens with two attached hydrogens (primary N) is 1. The van der Waals surface area contributed by atoms with E-state index < -0.39 is 0 Å². The largest absolute Gasteiger partial charge is 0.352 e. The van der Waals surface area contributed by atoms with Gasteiger partial charge in [0.2, 0.25) is 0 Å². The Hall–Kier alpha value is -1.80. The number of anilines is 1. The maximum absolute atomic E-state index is 10.9. The Balaban J connectivity index is 2.08. The van der Waals surface area contributed by atoms with Crippen molar-refractivity contribution in [3.8, 4) is 0 Å². The molecule has 0 aromatic carbocycles. The summed E-state index contributed by atoms with van der Waals surface area (Å²) in [6.07, 6.45) is 4.76. The Morgan fingerprint density at radius 2 is 2.35 bits per heavy atom. The summed E-state index contributed by atoms with van der Waals surface area (Å²) in [6, 6.07) is 1.82. The number of nitrogens with zero attached hydrogens (tertiary/aromatic N) is 4. The molecular weight excluding hydrogens is 278 g/mol. The summed E-state index contributed by atoms with van der Waals surface area (Å²) in [5.74, 6) is 0.773. The van der Waals surface area contributed by atoms with E-state index in [2.05, 4.69) is 14.9 Å². The lowest BCUT2D eigenvalue weighted by Crippen LogP contribution is -2.44. The summed E-state index contributed by atoms with van der Waals surface area (Å²) in [5.41, 5.74) is 5.84. The van der Waals surface area contributed by atoms with Crippen LogP contribution in [0, 0.1) is 10.1 Å². The molecule has 2 aromatic rings. The molecule has 0 radical (unpaired) electrons. The molecule has 1 saturated heterocycles. The zero-order valence-electron chi connectivity index (χ0n) is 10.9. The highest BCUT2D eigenvalue weighted by Crippen LogP contribution is 2.36. The van der Waals surface area contributed by atoms with Gasteiger partial charge in [0.15, 0.2) is 0 Å². The molecule has 1 aliphatic heterocycles. The smallest absolute Gasteiger partial charge is 0.326 e. The van der Waals surface area contributed by atoms with Gasteiger partial charge >= 0.3 is 5.00 Å². The van der Waals surface area contributed by atoms with Crippen LogP contribution in [0.5, 0.6) is 0 Å². The van der Waals surface area contributed by atoms with Gasteiger partial charge in [0.1, 0.15) is 17.0 Å². The summed E-state index contributed by atoms with van der Waals surface area (Å²) in [7, 11) is 0. The van der Waals surface area contributed by atoms with Crippen LogP contribution in [-0.2, 0) is 0 Å². The van der Waals surface area contributed by atoms with Crippen LogP contribution in [0.25, 0.3) is 10.2 Å². The van der Waals surface area contributed by atoms with Crippen LogP contribution in [0.3, 0.4) is 0 Å². The topological polar surface area (TPSA) is 98.2 Å². The van der Waals surface area contributed by atoms with Gasteiger partial charge in [-0.25, -0.2) is 9.97 Å². The van der Waals surface area contributed by atoms with Crippen molar-refractivity contribution in [1.29, 1.82) is 0 Å². The van der Waals surface area contributed by atoms with Crippen molar-refractivity contribution in [1.82, 2.24) is 9.97 Å². The van der Waals surface area contributed by atoms with Crippen LogP contribution in [0.15, 0.2) is 12.4 Å². The first kappa shape index (κ1) is 13.2. The first-order valence-electron chi connectivity index (χ1n) is 6.56. The third-order valence-corrected chi connectivity index (χ3v) is 4.64. The number of nitro groups is 1. The molecule has 7 nitrogen and oxygen atoms in total. The van der Waals surface area contributed by atoms with E-state index in [-0.39, 0.29) is 16.0 Å². The van der Waals surface area contributed by atoms with Crippen molar-refractivity contribution in [3.05, 3.63) is 22.5 Å². The summed E-state index contributed by atoms with van der Waals surface area (Å²) in [4.78, 5) is 21.8. The SMILES string of the molecule is NCC1CCCCN1c1ncnc2sc([N+](=O)[O-])cc12.